The van der Waals surface area contributed by atoms with Crippen molar-refractivity contribution in [3.8, 4) is 0 Å². The van der Waals surface area contributed by atoms with Gasteiger partial charge in [-0.2, -0.15) is 0 Å². The summed E-state index contributed by atoms with van der Waals surface area (Å²) in [5.74, 6) is 1.59. The third kappa shape index (κ3) is 4.70. The van der Waals surface area contributed by atoms with E-state index in [0.29, 0.717) is 6.10 Å². The molecule has 1 saturated carbocycles. The number of ether oxygens (including phenoxy) is 1. The SMILES string of the molecule is CC1CC(C)CC(OCCNc2ccccc2Cl)C1. The van der Waals surface area contributed by atoms with Crippen molar-refractivity contribution in [2.45, 2.75) is 39.2 Å². The monoisotopic (exact) mass is 281 g/mol. The molecule has 2 atom stereocenters. The van der Waals surface area contributed by atoms with Crippen LogP contribution in [0.5, 0.6) is 0 Å². The van der Waals surface area contributed by atoms with Crippen LogP contribution in [0.15, 0.2) is 24.3 Å². The van der Waals surface area contributed by atoms with Gasteiger partial charge >= 0.3 is 0 Å². The van der Waals surface area contributed by atoms with E-state index in [4.69, 9.17) is 16.3 Å². The van der Waals surface area contributed by atoms with E-state index < -0.39 is 0 Å². The molecule has 1 N–H and O–H groups in total. The van der Waals surface area contributed by atoms with Crippen molar-refractivity contribution in [2.75, 3.05) is 18.5 Å². The van der Waals surface area contributed by atoms with Gasteiger partial charge in [0.2, 0.25) is 0 Å². The molecule has 0 heterocycles. The Morgan fingerprint density at radius 2 is 1.84 bits per heavy atom. The number of nitrogens with one attached hydrogen (secondary N) is 1. The van der Waals surface area contributed by atoms with Crippen molar-refractivity contribution in [3.05, 3.63) is 29.3 Å². The van der Waals surface area contributed by atoms with Crippen LogP contribution in [0.2, 0.25) is 5.02 Å². The van der Waals surface area contributed by atoms with Gasteiger partial charge in [-0.15, -0.1) is 0 Å². The zero-order valence-electron chi connectivity index (χ0n) is 11.9. The predicted molar refractivity (Wildman–Crippen MR) is 81.9 cm³/mol. The molecule has 0 aliphatic heterocycles. The highest BCUT2D eigenvalue weighted by molar-refractivity contribution is 6.33. The Bertz CT molecular complexity index is 386. The quantitative estimate of drug-likeness (QED) is 0.797. The molecule has 2 rings (SSSR count). The first-order valence-electron chi connectivity index (χ1n) is 7.25. The predicted octanol–water partition coefficient (Wildman–Crippen LogP) is 4.59. The molecule has 1 fully saturated rings. The lowest BCUT2D eigenvalue weighted by Crippen LogP contribution is -2.27. The molecule has 1 aromatic carbocycles. The number of halogens is 1. The number of benzene rings is 1. The maximum absolute atomic E-state index is 6.09. The standard InChI is InChI=1S/C16H24ClNO/c1-12-9-13(2)11-14(10-12)19-8-7-18-16-6-4-3-5-15(16)17/h3-6,12-14,18H,7-11H2,1-2H3. The molecular weight excluding hydrogens is 258 g/mol. The fourth-order valence-electron chi connectivity index (χ4n) is 3.03. The molecule has 19 heavy (non-hydrogen) atoms. The first-order chi connectivity index (χ1) is 9.15. The van der Waals surface area contributed by atoms with Crippen molar-refractivity contribution in [3.63, 3.8) is 0 Å². The summed E-state index contributed by atoms with van der Waals surface area (Å²) >= 11 is 6.09. The smallest absolute Gasteiger partial charge is 0.0642 e. The first-order valence-corrected chi connectivity index (χ1v) is 7.63. The summed E-state index contributed by atoms with van der Waals surface area (Å²) in [5, 5.41) is 4.08. The highest BCUT2D eigenvalue weighted by Crippen LogP contribution is 2.30. The fraction of sp³-hybridized carbons (Fsp3) is 0.625. The minimum atomic E-state index is 0.437. The van der Waals surface area contributed by atoms with Gasteiger partial charge in [0.15, 0.2) is 0 Å². The molecule has 2 unspecified atom stereocenters. The van der Waals surface area contributed by atoms with Crippen LogP contribution in [0.3, 0.4) is 0 Å². The summed E-state index contributed by atoms with van der Waals surface area (Å²) < 4.78 is 5.98. The Hall–Kier alpha value is -0.730. The summed E-state index contributed by atoms with van der Waals surface area (Å²) in [6.45, 7) is 6.21. The summed E-state index contributed by atoms with van der Waals surface area (Å²) in [6, 6.07) is 7.82. The van der Waals surface area contributed by atoms with E-state index in [1.54, 1.807) is 0 Å². The van der Waals surface area contributed by atoms with Crippen molar-refractivity contribution >= 4 is 17.3 Å². The molecule has 0 amide bonds. The maximum Gasteiger partial charge on any atom is 0.0642 e. The van der Waals surface area contributed by atoms with Crippen LogP contribution in [0.25, 0.3) is 0 Å². The van der Waals surface area contributed by atoms with Crippen LogP contribution < -0.4 is 5.32 Å². The molecule has 0 radical (unpaired) electrons. The van der Waals surface area contributed by atoms with Crippen molar-refractivity contribution < 1.29 is 4.74 Å². The first kappa shape index (κ1) is 14.7. The van der Waals surface area contributed by atoms with E-state index in [2.05, 4.69) is 19.2 Å². The second kappa shape index (κ2) is 7.16. The number of para-hydroxylation sites is 1. The second-order valence-electron chi connectivity index (χ2n) is 5.82. The fourth-order valence-corrected chi connectivity index (χ4v) is 3.23. The van der Waals surface area contributed by atoms with Crippen LogP contribution in [0.1, 0.15) is 33.1 Å². The summed E-state index contributed by atoms with van der Waals surface area (Å²) in [4.78, 5) is 0. The van der Waals surface area contributed by atoms with E-state index >= 15 is 0 Å². The zero-order chi connectivity index (χ0) is 13.7. The van der Waals surface area contributed by atoms with Crippen LogP contribution >= 0.6 is 11.6 Å². The van der Waals surface area contributed by atoms with Gasteiger partial charge in [-0.3, -0.25) is 0 Å². The topological polar surface area (TPSA) is 21.3 Å². The summed E-state index contributed by atoms with van der Waals surface area (Å²) in [6.07, 6.45) is 4.19. The second-order valence-corrected chi connectivity index (χ2v) is 6.22. The molecule has 1 aliphatic carbocycles. The summed E-state index contributed by atoms with van der Waals surface area (Å²) in [7, 11) is 0. The Balaban J connectivity index is 1.68. The molecule has 1 aliphatic rings. The van der Waals surface area contributed by atoms with E-state index in [0.717, 1.165) is 35.7 Å². The molecule has 1 aromatic rings. The van der Waals surface area contributed by atoms with E-state index in [9.17, 15) is 0 Å². The Labute approximate surface area is 121 Å². The Kier molecular flexibility index (Phi) is 5.53. The normalized spacial score (nSPS) is 27.2. The molecular formula is C16H24ClNO. The molecule has 0 bridgehead atoms. The highest BCUT2D eigenvalue weighted by Gasteiger charge is 2.24. The molecule has 0 aromatic heterocycles. The van der Waals surface area contributed by atoms with Gasteiger partial charge in [-0.1, -0.05) is 37.6 Å². The zero-order valence-corrected chi connectivity index (χ0v) is 12.6. The van der Waals surface area contributed by atoms with E-state index in [1.807, 2.05) is 24.3 Å². The number of hydrogen-bond donors (Lipinski definition) is 1. The number of hydrogen-bond acceptors (Lipinski definition) is 2. The average Bonchev–Trinajstić information content (AvgIpc) is 2.35. The van der Waals surface area contributed by atoms with Gasteiger partial charge in [0, 0.05) is 6.54 Å². The third-order valence-electron chi connectivity index (χ3n) is 3.78. The molecule has 3 heteroatoms. The highest BCUT2D eigenvalue weighted by atomic mass is 35.5. The van der Waals surface area contributed by atoms with Crippen LogP contribution in [-0.2, 0) is 4.74 Å². The van der Waals surface area contributed by atoms with E-state index in [-0.39, 0.29) is 0 Å². The van der Waals surface area contributed by atoms with Crippen molar-refractivity contribution in [1.82, 2.24) is 0 Å². The molecule has 0 saturated heterocycles. The van der Waals surface area contributed by atoms with Gasteiger partial charge in [0.1, 0.15) is 0 Å². The van der Waals surface area contributed by atoms with Gasteiger partial charge in [0.25, 0.3) is 0 Å². The third-order valence-corrected chi connectivity index (χ3v) is 4.11. The van der Waals surface area contributed by atoms with Crippen LogP contribution in [-0.4, -0.2) is 19.3 Å². The van der Waals surface area contributed by atoms with Crippen molar-refractivity contribution in [1.29, 1.82) is 0 Å². The lowest BCUT2D eigenvalue weighted by atomic mass is 9.82. The van der Waals surface area contributed by atoms with Crippen LogP contribution in [0.4, 0.5) is 5.69 Å². The average molecular weight is 282 g/mol. The number of anilines is 1. The van der Waals surface area contributed by atoms with Gasteiger partial charge in [0.05, 0.1) is 23.4 Å². The molecule has 0 spiro atoms. The largest absolute Gasteiger partial charge is 0.382 e. The lowest BCUT2D eigenvalue weighted by Gasteiger charge is -2.31. The summed E-state index contributed by atoms with van der Waals surface area (Å²) in [5.41, 5.74) is 0.984. The molecule has 2 nitrogen and oxygen atoms in total. The van der Waals surface area contributed by atoms with Gasteiger partial charge in [-0.05, 0) is 43.2 Å². The van der Waals surface area contributed by atoms with Crippen LogP contribution in [0, 0.1) is 11.8 Å². The maximum atomic E-state index is 6.09. The lowest BCUT2D eigenvalue weighted by molar-refractivity contribution is 0.00618. The van der Waals surface area contributed by atoms with Crippen molar-refractivity contribution in [2.24, 2.45) is 11.8 Å². The number of rotatable bonds is 5. The molecule has 106 valence electrons. The van der Waals surface area contributed by atoms with E-state index in [1.165, 1.54) is 19.3 Å². The Morgan fingerprint density at radius 3 is 2.53 bits per heavy atom. The Morgan fingerprint density at radius 1 is 1.16 bits per heavy atom. The van der Waals surface area contributed by atoms with Gasteiger partial charge < -0.3 is 10.1 Å². The van der Waals surface area contributed by atoms with Gasteiger partial charge in [-0.25, -0.2) is 0 Å². The minimum absolute atomic E-state index is 0.437. The minimum Gasteiger partial charge on any atom is -0.382 e.